The predicted molar refractivity (Wildman–Crippen MR) is 156 cm³/mol. The Morgan fingerprint density at radius 3 is 2.48 bits per heavy atom. The van der Waals surface area contributed by atoms with Gasteiger partial charge < -0.3 is 20.3 Å². The Bertz CT molecular complexity index is 1410. The number of aryl methyl sites for hydroxylation is 2. The molecule has 0 saturated heterocycles. The second-order valence-corrected chi connectivity index (χ2v) is 9.67. The lowest BCUT2D eigenvalue weighted by Crippen LogP contribution is -2.36. The van der Waals surface area contributed by atoms with Gasteiger partial charge >= 0.3 is 0 Å². The first kappa shape index (κ1) is 28.3. The number of amides is 2. The van der Waals surface area contributed by atoms with Crippen LogP contribution in [0.3, 0.4) is 0 Å². The maximum atomic E-state index is 13.4. The molecule has 8 nitrogen and oxygen atoms in total. The summed E-state index contributed by atoms with van der Waals surface area (Å²) in [5.74, 6) is 1.52. The van der Waals surface area contributed by atoms with E-state index in [4.69, 9.17) is 15.9 Å². The Labute approximate surface area is 234 Å². The second-order valence-electron chi connectivity index (χ2n) is 9.67. The van der Waals surface area contributed by atoms with Gasteiger partial charge in [0.1, 0.15) is 5.84 Å². The first-order valence-electron chi connectivity index (χ1n) is 13.5. The van der Waals surface area contributed by atoms with Crippen LogP contribution in [0.2, 0.25) is 0 Å². The van der Waals surface area contributed by atoms with E-state index in [-0.39, 0.29) is 36.4 Å². The van der Waals surface area contributed by atoms with Gasteiger partial charge in [0, 0.05) is 29.9 Å². The van der Waals surface area contributed by atoms with Crippen LogP contribution in [0.5, 0.6) is 0 Å². The van der Waals surface area contributed by atoms with Gasteiger partial charge in [-0.2, -0.15) is 0 Å². The first-order valence-corrected chi connectivity index (χ1v) is 13.5. The van der Waals surface area contributed by atoms with E-state index in [0.717, 1.165) is 35.2 Å². The van der Waals surface area contributed by atoms with Gasteiger partial charge in [-0.15, -0.1) is 0 Å². The highest BCUT2D eigenvalue weighted by molar-refractivity contribution is 5.98. The van der Waals surface area contributed by atoms with E-state index >= 15 is 0 Å². The number of amidine groups is 1. The maximum Gasteiger partial charge on any atom is 0.235 e. The van der Waals surface area contributed by atoms with E-state index in [9.17, 15) is 14.4 Å². The molecule has 1 heterocycles. The van der Waals surface area contributed by atoms with Gasteiger partial charge in [0.2, 0.25) is 11.8 Å². The molecule has 0 atom stereocenters. The minimum atomic E-state index is -0.268. The summed E-state index contributed by atoms with van der Waals surface area (Å²) in [4.78, 5) is 41.4. The lowest BCUT2D eigenvalue weighted by molar-refractivity contribution is -0.119. The van der Waals surface area contributed by atoms with Crippen molar-refractivity contribution >= 4 is 35.0 Å². The number of fused-ring (bicyclic) bond motifs is 1. The van der Waals surface area contributed by atoms with Gasteiger partial charge in [-0.25, -0.2) is 4.79 Å². The number of carbonyl (C=O) groups excluding carboxylic acids is 3. The molecule has 0 aromatic heterocycles. The van der Waals surface area contributed by atoms with Crippen molar-refractivity contribution in [2.75, 3.05) is 23.0 Å². The number of benzene rings is 3. The summed E-state index contributed by atoms with van der Waals surface area (Å²) >= 11 is 0. The van der Waals surface area contributed by atoms with Crippen LogP contribution in [0, 0.1) is 5.41 Å². The van der Waals surface area contributed by atoms with E-state index in [1.807, 2.05) is 65.6 Å². The Balaban J connectivity index is 1.53. The summed E-state index contributed by atoms with van der Waals surface area (Å²) in [5.41, 5.74) is 10.7. The van der Waals surface area contributed by atoms with Crippen LogP contribution >= 0.6 is 0 Å². The van der Waals surface area contributed by atoms with E-state index in [0.29, 0.717) is 37.2 Å². The van der Waals surface area contributed by atoms with Crippen molar-refractivity contribution in [3.05, 3.63) is 101 Å². The number of nitrogens with one attached hydrogen (secondary N) is 1. The molecular weight excluding hydrogens is 504 g/mol. The molecule has 1 aliphatic heterocycles. The minimum Gasteiger partial charge on any atom is -0.486 e. The molecule has 40 heavy (non-hydrogen) atoms. The van der Waals surface area contributed by atoms with Gasteiger partial charge in [0.25, 0.3) is 0 Å². The smallest absolute Gasteiger partial charge is 0.235 e. The largest absolute Gasteiger partial charge is 0.486 e. The molecule has 0 fully saturated rings. The van der Waals surface area contributed by atoms with E-state index < -0.39 is 0 Å². The van der Waals surface area contributed by atoms with Crippen LogP contribution in [0.4, 0.5) is 11.4 Å². The topological polar surface area (TPSA) is 117 Å². The Kier molecular flexibility index (Phi) is 9.49. The van der Waals surface area contributed by atoms with Gasteiger partial charge in [-0.05, 0) is 61.1 Å². The van der Waals surface area contributed by atoms with E-state index in [2.05, 4.69) is 0 Å². The molecule has 0 aliphatic carbocycles. The van der Waals surface area contributed by atoms with Crippen molar-refractivity contribution in [3.8, 4) is 0 Å². The zero-order valence-electron chi connectivity index (χ0n) is 22.7. The monoisotopic (exact) mass is 538 g/mol. The average molecular weight is 539 g/mol. The number of rotatable bonds is 11. The molecule has 0 unspecified atom stereocenters. The fourth-order valence-electron chi connectivity index (χ4n) is 4.86. The number of hydrogen-bond acceptors (Lipinski definition) is 5. The minimum absolute atomic E-state index is 0.0174. The molecule has 0 saturated carbocycles. The number of carbonyl (C=O) groups is 2. The molecule has 1 aliphatic rings. The SMILES string of the molecule is CCOC(=C=O)CC(=O)N(Cc1ccccc1)c1ccc2c(c1)CCCN2C(=O)CCc1ccc(C(=N)N)cc1. The summed E-state index contributed by atoms with van der Waals surface area (Å²) in [6.45, 7) is 3.01. The van der Waals surface area contributed by atoms with Crippen molar-refractivity contribution in [1.29, 1.82) is 5.41 Å². The molecule has 0 spiro atoms. The molecule has 2 amide bonds. The summed E-state index contributed by atoms with van der Waals surface area (Å²) < 4.78 is 5.29. The van der Waals surface area contributed by atoms with Gasteiger partial charge in [-0.3, -0.25) is 15.0 Å². The summed E-state index contributed by atoms with van der Waals surface area (Å²) in [6, 6.07) is 22.8. The predicted octanol–water partition coefficient (Wildman–Crippen LogP) is 4.56. The Morgan fingerprint density at radius 2 is 1.80 bits per heavy atom. The zero-order valence-corrected chi connectivity index (χ0v) is 22.7. The highest BCUT2D eigenvalue weighted by Crippen LogP contribution is 2.32. The maximum absolute atomic E-state index is 13.4. The summed E-state index contributed by atoms with van der Waals surface area (Å²) in [7, 11) is 0. The summed E-state index contributed by atoms with van der Waals surface area (Å²) in [5, 5.41) is 7.53. The molecule has 3 aromatic rings. The highest BCUT2D eigenvalue weighted by Gasteiger charge is 2.25. The lowest BCUT2D eigenvalue weighted by Gasteiger charge is -2.31. The Hall–Kier alpha value is -4.68. The second kappa shape index (κ2) is 13.4. The molecule has 0 radical (unpaired) electrons. The normalized spacial score (nSPS) is 12.2. The number of anilines is 2. The number of ether oxygens (including phenoxy) is 1. The van der Waals surface area contributed by atoms with Gasteiger partial charge in [0.15, 0.2) is 11.7 Å². The van der Waals surface area contributed by atoms with Crippen molar-refractivity contribution in [1.82, 2.24) is 0 Å². The van der Waals surface area contributed by atoms with Crippen LogP contribution < -0.4 is 15.5 Å². The van der Waals surface area contributed by atoms with Crippen LogP contribution in [-0.4, -0.2) is 36.7 Å². The number of nitrogen functional groups attached to an aromatic ring is 1. The molecular formula is C32H34N4O4. The quantitative estimate of drug-likeness (QED) is 0.161. The van der Waals surface area contributed by atoms with Gasteiger partial charge in [0.05, 0.1) is 19.6 Å². The van der Waals surface area contributed by atoms with Crippen molar-refractivity contribution in [2.24, 2.45) is 5.73 Å². The third-order valence-electron chi connectivity index (χ3n) is 6.92. The standard InChI is InChI=1S/C32H34N4O4/c1-2-40-28(22-37)20-31(39)36(21-24-7-4-3-5-8-24)27-15-16-29-26(19-27)9-6-18-35(29)30(38)17-12-23-10-13-25(14-11-23)32(33)34/h3-5,7-8,10-11,13-16,19H,2,6,9,12,17-18,20-21H2,1H3,(H3,33,34). The third kappa shape index (κ3) is 7.04. The Morgan fingerprint density at radius 1 is 1.05 bits per heavy atom. The van der Waals surface area contributed by atoms with Crippen LogP contribution in [0.25, 0.3) is 0 Å². The zero-order chi connectivity index (χ0) is 28.5. The number of nitrogens with two attached hydrogens (primary N) is 1. The van der Waals surface area contributed by atoms with Crippen LogP contribution in [0.1, 0.15) is 48.4 Å². The van der Waals surface area contributed by atoms with Crippen LogP contribution in [-0.2, 0) is 38.5 Å². The van der Waals surface area contributed by atoms with Crippen molar-refractivity contribution in [3.63, 3.8) is 0 Å². The molecule has 206 valence electrons. The molecule has 3 N–H and O–H groups in total. The fraction of sp³-hybridized carbons (Fsp3) is 0.281. The first-order chi connectivity index (χ1) is 19.4. The lowest BCUT2D eigenvalue weighted by atomic mass is 9.99. The number of nitrogens with zero attached hydrogens (tertiary/aromatic N) is 2. The number of hydrogen-bond donors (Lipinski definition) is 2. The van der Waals surface area contributed by atoms with Gasteiger partial charge in [-0.1, -0.05) is 54.6 Å². The third-order valence-corrected chi connectivity index (χ3v) is 6.92. The van der Waals surface area contributed by atoms with E-state index in [1.54, 1.807) is 29.9 Å². The van der Waals surface area contributed by atoms with E-state index in [1.165, 1.54) is 0 Å². The van der Waals surface area contributed by atoms with Crippen molar-refractivity contribution in [2.45, 2.75) is 45.6 Å². The average Bonchev–Trinajstić information content (AvgIpc) is 2.98. The molecule has 0 bridgehead atoms. The summed E-state index contributed by atoms with van der Waals surface area (Å²) in [6.07, 6.45) is 2.39. The molecule has 3 aromatic carbocycles. The fourth-order valence-corrected chi connectivity index (χ4v) is 4.86. The highest BCUT2D eigenvalue weighted by atomic mass is 16.5. The molecule has 8 heteroatoms. The van der Waals surface area contributed by atoms with Crippen molar-refractivity contribution < 1.29 is 19.1 Å². The van der Waals surface area contributed by atoms with Crippen LogP contribution in [0.15, 0.2) is 78.6 Å². The molecule has 4 rings (SSSR count).